The topological polar surface area (TPSA) is 32.7 Å². The second kappa shape index (κ2) is 5.71. The molecule has 0 saturated carbocycles. The third kappa shape index (κ3) is 3.35. The zero-order valence-corrected chi connectivity index (χ0v) is 10.8. The van der Waals surface area contributed by atoms with E-state index in [9.17, 15) is 5.11 Å². The fourth-order valence-corrected chi connectivity index (χ4v) is 2.33. The highest BCUT2D eigenvalue weighted by atomic mass is 35.5. The van der Waals surface area contributed by atoms with Crippen LogP contribution in [0.3, 0.4) is 0 Å². The van der Waals surface area contributed by atoms with Gasteiger partial charge >= 0.3 is 0 Å². The number of benzene rings is 1. The van der Waals surface area contributed by atoms with E-state index in [4.69, 9.17) is 16.3 Å². The summed E-state index contributed by atoms with van der Waals surface area (Å²) >= 11 is 5.93. The van der Waals surface area contributed by atoms with Gasteiger partial charge in [-0.3, -0.25) is 4.90 Å². The monoisotopic (exact) mass is 255 g/mol. The van der Waals surface area contributed by atoms with E-state index in [0.717, 1.165) is 43.8 Å². The predicted molar refractivity (Wildman–Crippen MR) is 68.5 cm³/mol. The van der Waals surface area contributed by atoms with Gasteiger partial charge in [0.15, 0.2) is 0 Å². The highest BCUT2D eigenvalue weighted by Gasteiger charge is 2.18. The Bertz CT molecular complexity index is 376. The maximum absolute atomic E-state index is 9.46. The zero-order chi connectivity index (χ0) is 12.3. The Balaban J connectivity index is 2.03. The Hall–Kier alpha value is -0.770. The summed E-state index contributed by atoms with van der Waals surface area (Å²) in [6, 6.07) is 5.74. The fourth-order valence-electron chi connectivity index (χ4n) is 2.17. The first-order valence-corrected chi connectivity index (χ1v) is 6.29. The number of methoxy groups -OCH3 is 1. The molecule has 2 rings (SSSR count). The summed E-state index contributed by atoms with van der Waals surface area (Å²) < 4.78 is 5.33. The van der Waals surface area contributed by atoms with Crippen molar-refractivity contribution < 1.29 is 9.84 Å². The quantitative estimate of drug-likeness (QED) is 0.900. The second-order valence-corrected chi connectivity index (χ2v) is 4.90. The van der Waals surface area contributed by atoms with Gasteiger partial charge in [0, 0.05) is 30.2 Å². The van der Waals surface area contributed by atoms with Crippen molar-refractivity contribution in [2.75, 3.05) is 20.2 Å². The van der Waals surface area contributed by atoms with Crippen LogP contribution in [0.2, 0.25) is 5.02 Å². The summed E-state index contributed by atoms with van der Waals surface area (Å²) in [5, 5.41) is 10.2. The van der Waals surface area contributed by atoms with Gasteiger partial charge in [-0.05, 0) is 25.0 Å². The van der Waals surface area contributed by atoms with E-state index in [1.165, 1.54) is 0 Å². The van der Waals surface area contributed by atoms with Crippen LogP contribution < -0.4 is 4.74 Å². The first-order valence-electron chi connectivity index (χ1n) is 5.92. The molecule has 0 bridgehead atoms. The standard InChI is InChI=1S/C13H18ClNO2/c1-17-13-8-11(14)3-2-10(13)9-15-6-4-12(16)5-7-15/h2-3,8,12,16H,4-7,9H2,1H3. The molecule has 0 unspecified atom stereocenters. The van der Waals surface area contributed by atoms with Crippen LogP contribution in [0.1, 0.15) is 18.4 Å². The molecule has 1 aliphatic rings. The number of aliphatic hydroxyl groups excluding tert-OH is 1. The molecule has 1 aromatic carbocycles. The first-order chi connectivity index (χ1) is 8.19. The maximum Gasteiger partial charge on any atom is 0.124 e. The van der Waals surface area contributed by atoms with Gasteiger partial charge < -0.3 is 9.84 Å². The van der Waals surface area contributed by atoms with Gasteiger partial charge in [-0.25, -0.2) is 0 Å². The van der Waals surface area contributed by atoms with Crippen LogP contribution in [-0.2, 0) is 6.54 Å². The summed E-state index contributed by atoms with van der Waals surface area (Å²) in [4.78, 5) is 2.33. The SMILES string of the molecule is COc1cc(Cl)ccc1CN1CCC(O)CC1. The molecule has 0 amide bonds. The summed E-state index contributed by atoms with van der Waals surface area (Å²) in [6.07, 6.45) is 1.59. The van der Waals surface area contributed by atoms with Crippen LogP contribution in [0.5, 0.6) is 5.75 Å². The average molecular weight is 256 g/mol. The Morgan fingerprint density at radius 3 is 2.76 bits per heavy atom. The van der Waals surface area contributed by atoms with Crippen molar-refractivity contribution in [2.24, 2.45) is 0 Å². The van der Waals surface area contributed by atoms with E-state index in [-0.39, 0.29) is 6.10 Å². The van der Waals surface area contributed by atoms with Crippen molar-refractivity contribution in [3.63, 3.8) is 0 Å². The van der Waals surface area contributed by atoms with E-state index < -0.39 is 0 Å². The second-order valence-electron chi connectivity index (χ2n) is 4.46. The highest BCUT2D eigenvalue weighted by molar-refractivity contribution is 6.30. The molecule has 0 aromatic heterocycles. The number of likely N-dealkylation sites (tertiary alicyclic amines) is 1. The van der Waals surface area contributed by atoms with Gasteiger partial charge in [0.05, 0.1) is 13.2 Å². The fraction of sp³-hybridized carbons (Fsp3) is 0.538. The highest BCUT2D eigenvalue weighted by Crippen LogP contribution is 2.25. The summed E-state index contributed by atoms with van der Waals surface area (Å²) in [5.41, 5.74) is 1.15. The van der Waals surface area contributed by atoms with E-state index >= 15 is 0 Å². The Kier molecular flexibility index (Phi) is 4.26. The van der Waals surface area contributed by atoms with Crippen molar-refractivity contribution in [2.45, 2.75) is 25.5 Å². The van der Waals surface area contributed by atoms with Crippen LogP contribution >= 0.6 is 11.6 Å². The van der Waals surface area contributed by atoms with Crippen molar-refractivity contribution in [3.8, 4) is 5.75 Å². The van der Waals surface area contributed by atoms with E-state index in [0.29, 0.717) is 5.02 Å². The van der Waals surface area contributed by atoms with Crippen LogP contribution in [0, 0.1) is 0 Å². The summed E-state index contributed by atoms with van der Waals surface area (Å²) in [5.74, 6) is 0.837. The van der Waals surface area contributed by atoms with Gasteiger partial charge in [0.1, 0.15) is 5.75 Å². The molecule has 1 saturated heterocycles. The zero-order valence-electron chi connectivity index (χ0n) is 10.0. The Morgan fingerprint density at radius 1 is 1.41 bits per heavy atom. The minimum Gasteiger partial charge on any atom is -0.496 e. The lowest BCUT2D eigenvalue weighted by atomic mass is 10.1. The van der Waals surface area contributed by atoms with Crippen molar-refractivity contribution >= 4 is 11.6 Å². The van der Waals surface area contributed by atoms with E-state index in [1.54, 1.807) is 7.11 Å². The van der Waals surface area contributed by atoms with Gasteiger partial charge in [0.2, 0.25) is 0 Å². The molecule has 0 spiro atoms. The van der Waals surface area contributed by atoms with E-state index in [2.05, 4.69) is 4.90 Å². The first kappa shape index (κ1) is 12.7. The molecule has 0 aliphatic carbocycles. The largest absolute Gasteiger partial charge is 0.496 e. The molecule has 3 nitrogen and oxygen atoms in total. The molecular formula is C13H18ClNO2. The van der Waals surface area contributed by atoms with Gasteiger partial charge in [-0.1, -0.05) is 17.7 Å². The van der Waals surface area contributed by atoms with E-state index in [1.807, 2.05) is 18.2 Å². The lowest BCUT2D eigenvalue weighted by Crippen LogP contribution is -2.35. The minimum atomic E-state index is -0.127. The molecule has 1 aliphatic heterocycles. The van der Waals surface area contributed by atoms with Crippen LogP contribution in [0.25, 0.3) is 0 Å². The number of halogens is 1. The molecule has 0 radical (unpaired) electrons. The molecule has 1 heterocycles. The lowest BCUT2D eigenvalue weighted by Gasteiger charge is -2.29. The summed E-state index contributed by atoms with van der Waals surface area (Å²) in [6.45, 7) is 2.73. The number of aliphatic hydroxyl groups is 1. The average Bonchev–Trinajstić information content (AvgIpc) is 2.34. The van der Waals surface area contributed by atoms with Crippen molar-refractivity contribution in [1.82, 2.24) is 4.90 Å². The molecule has 94 valence electrons. The normalized spacial score (nSPS) is 18.3. The molecule has 1 aromatic rings. The summed E-state index contributed by atoms with van der Waals surface area (Å²) in [7, 11) is 1.66. The number of hydrogen-bond donors (Lipinski definition) is 1. The van der Waals surface area contributed by atoms with Crippen LogP contribution in [-0.4, -0.2) is 36.3 Å². The van der Waals surface area contributed by atoms with Crippen molar-refractivity contribution in [3.05, 3.63) is 28.8 Å². The number of hydrogen-bond acceptors (Lipinski definition) is 3. The van der Waals surface area contributed by atoms with Crippen LogP contribution in [0.4, 0.5) is 0 Å². The third-order valence-electron chi connectivity index (χ3n) is 3.20. The smallest absolute Gasteiger partial charge is 0.124 e. The molecular weight excluding hydrogens is 238 g/mol. The number of ether oxygens (including phenoxy) is 1. The molecule has 0 atom stereocenters. The number of piperidine rings is 1. The van der Waals surface area contributed by atoms with Crippen LogP contribution in [0.15, 0.2) is 18.2 Å². The van der Waals surface area contributed by atoms with Gasteiger partial charge in [-0.2, -0.15) is 0 Å². The Morgan fingerprint density at radius 2 is 2.12 bits per heavy atom. The molecule has 1 fully saturated rings. The van der Waals surface area contributed by atoms with Gasteiger partial charge in [0.25, 0.3) is 0 Å². The number of rotatable bonds is 3. The Labute approximate surface area is 107 Å². The van der Waals surface area contributed by atoms with Crippen molar-refractivity contribution in [1.29, 1.82) is 0 Å². The third-order valence-corrected chi connectivity index (χ3v) is 3.44. The molecule has 17 heavy (non-hydrogen) atoms. The predicted octanol–water partition coefficient (Wildman–Crippen LogP) is 2.31. The lowest BCUT2D eigenvalue weighted by molar-refractivity contribution is 0.0789. The minimum absolute atomic E-state index is 0.127. The number of nitrogens with zero attached hydrogens (tertiary/aromatic N) is 1. The van der Waals surface area contributed by atoms with Gasteiger partial charge in [-0.15, -0.1) is 0 Å². The maximum atomic E-state index is 9.46. The molecule has 4 heteroatoms. The molecule has 1 N–H and O–H groups in total.